The van der Waals surface area contributed by atoms with Gasteiger partial charge in [-0.2, -0.15) is 0 Å². The Morgan fingerprint density at radius 2 is 1.81 bits per heavy atom. The van der Waals surface area contributed by atoms with Crippen molar-refractivity contribution in [3.8, 4) is 22.4 Å². The molecule has 0 unspecified atom stereocenters. The predicted octanol–water partition coefficient (Wildman–Crippen LogP) is 4.40. The molecule has 3 aromatic rings. The van der Waals surface area contributed by atoms with Crippen LogP contribution in [0, 0.1) is 0 Å². The summed E-state index contributed by atoms with van der Waals surface area (Å²) in [5.41, 5.74) is 1.53. The third-order valence-corrected chi connectivity index (χ3v) is 6.13. The number of nitrogens with one attached hydrogen (secondary N) is 1. The summed E-state index contributed by atoms with van der Waals surface area (Å²) in [6.07, 6.45) is 1.53. The van der Waals surface area contributed by atoms with Gasteiger partial charge in [0.2, 0.25) is 0 Å². The van der Waals surface area contributed by atoms with Crippen LogP contribution in [0.15, 0.2) is 36.4 Å². The number of methoxy groups -OCH3 is 3. The fraction of sp³-hybridized carbons (Fsp3) is 0.364. The molecule has 0 saturated carbocycles. The van der Waals surface area contributed by atoms with Gasteiger partial charge in [0.15, 0.2) is 11.5 Å². The van der Waals surface area contributed by atoms with Crippen LogP contribution in [0.1, 0.15) is 12.8 Å². The van der Waals surface area contributed by atoms with E-state index in [2.05, 4.69) is 10.3 Å². The van der Waals surface area contributed by atoms with Gasteiger partial charge in [-0.1, -0.05) is 11.3 Å². The zero-order valence-electron chi connectivity index (χ0n) is 17.7. The summed E-state index contributed by atoms with van der Waals surface area (Å²) in [5.74, 6) is 1.96. The monoisotopic (exact) mass is 443 g/mol. The van der Waals surface area contributed by atoms with E-state index in [0.717, 1.165) is 28.8 Å². The van der Waals surface area contributed by atoms with Gasteiger partial charge in [-0.15, -0.1) is 0 Å². The number of aromatic nitrogens is 1. The molecule has 1 N–H and O–H groups in total. The van der Waals surface area contributed by atoms with Crippen LogP contribution < -0.4 is 24.3 Å². The van der Waals surface area contributed by atoms with Crippen molar-refractivity contribution in [1.82, 2.24) is 9.88 Å². The fourth-order valence-corrected chi connectivity index (χ4v) is 4.36. The molecular formula is C22H25N3O5S. The predicted molar refractivity (Wildman–Crippen MR) is 120 cm³/mol. The Morgan fingerprint density at radius 1 is 1.03 bits per heavy atom. The van der Waals surface area contributed by atoms with Crippen molar-refractivity contribution in [2.24, 2.45) is 0 Å². The number of urea groups is 1. The number of benzene rings is 2. The summed E-state index contributed by atoms with van der Waals surface area (Å²) in [7, 11) is 4.78. The number of hydrogen-bond donors (Lipinski definition) is 1. The van der Waals surface area contributed by atoms with Gasteiger partial charge in [-0.3, -0.25) is 0 Å². The van der Waals surface area contributed by atoms with Crippen LogP contribution in [0.3, 0.4) is 0 Å². The minimum atomic E-state index is -0.141. The lowest BCUT2D eigenvalue weighted by molar-refractivity contribution is 0.115. The van der Waals surface area contributed by atoms with E-state index in [0.29, 0.717) is 35.5 Å². The van der Waals surface area contributed by atoms with Crippen molar-refractivity contribution < 1.29 is 23.7 Å². The van der Waals surface area contributed by atoms with Crippen LogP contribution in [0.5, 0.6) is 22.4 Å². The second-order valence-electron chi connectivity index (χ2n) is 7.12. The molecule has 0 spiro atoms. The second kappa shape index (κ2) is 9.30. The number of piperidine rings is 1. The number of thiazole rings is 1. The molecule has 2 amide bonds. The van der Waals surface area contributed by atoms with E-state index in [4.69, 9.17) is 18.9 Å². The van der Waals surface area contributed by atoms with Gasteiger partial charge >= 0.3 is 6.03 Å². The number of hydrogen-bond acceptors (Lipinski definition) is 7. The highest BCUT2D eigenvalue weighted by atomic mass is 32.1. The molecular weight excluding hydrogens is 418 g/mol. The van der Waals surface area contributed by atoms with Gasteiger partial charge in [0, 0.05) is 43.8 Å². The summed E-state index contributed by atoms with van der Waals surface area (Å²) in [6, 6.07) is 11.0. The van der Waals surface area contributed by atoms with Gasteiger partial charge in [0.25, 0.3) is 5.19 Å². The molecule has 0 atom stereocenters. The molecule has 1 saturated heterocycles. The minimum Gasteiger partial charge on any atom is -0.497 e. The Labute approximate surface area is 184 Å². The second-order valence-corrected chi connectivity index (χ2v) is 8.11. The highest BCUT2D eigenvalue weighted by molar-refractivity contribution is 7.20. The van der Waals surface area contributed by atoms with Crippen molar-refractivity contribution in [3.05, 3.63) is 36.4 Å². The Kier molecular flexibility index (Phi) is 6.31. The average molecular weight is 444 g/mol. The summed E-state index contributed by atoms with van der Waals surface area (Å²) in [5, 5.41) is 3.57. The Balaban J connectivity index is 1.31. The van der Waals surface area contributed by atoms with Crippen LogP contribution in [-0.2, 0) is 0 Å². The molecule has 2 heterocycles. The molecule has 0 aliphatic carbocycles. The zero-order chi connectivity index (χ0) is 21.8. The third-order valence-electron chi connectivity index (χ3n) is 5.21. The fourth-order valence-electron chi connectivity index (χ4n) is 3.50. The standard InChI is InChI=1S/C22H25N3O5S/c1-27-16-5-7-20-17(13-16)24-22(31-20)30-15-8-10-25(11-9-15)21(26)23-14-4-6-18(28-2)19(12-14)29-3/h4-7,12-13,15H,8-11H2,1-3H3,(H,23,26). The number of anilines is 1. The van der Waals surface area contributed by atoms with Gasteiger partial charge in [-0.05, 0) is 24.3 Å². The lowest BCUT2D eigenvalue weighted by atomic mass is 10.1. The van der Waals surface area contributed by atoms with Crippen LogP contribution in [0.2, 0.25) is 0 Å². The molecule has 0 radical (unpaired) electrons. The number of fused-ring (bicyclic) bond motifs is 1. The maximum absolute atomic E-state index is 12.6. The lowest BCUT2D eigenvalue weighted by Gasteiger charge is -2.31. The first-order valence-corrected chi connectivity index (χ1v) is 10.8. The molecule has 1 aromatic heterocycles. The van der Waals surface area contributed by atoms with Crippen LogP contribution in [0.4, 0.5) is 10.5 Å². The van der Waals surface area contributed by atoms with Crippen molar-refractivity contribution in [1.29, 1.82) is 0 Å². The van der Waals surface area contributed by atoms with Crippen molar-refractivity contribution in [3.63, 3.8) is 0 Å². The number of nitrogens with zero attached hydrogens (tertiary/aromatic N) is 2. The quantitative estimate of drug-likeness (QED) is 0.608. The van der Waals surface area contributed by atoms with Gasteiger partial charge in [0.05, 0.1) is 31.5 Å². The summed E-state index contributed by atoms with van der Waals surface area (Å²) in [4.78, 5) is 19.0. The zero-order valence-corrected chi connectivity index (χ0v) is 18.5. The number of carbonyl (C=O) groups excluding carboxylic acids is 1. The third kappa shape index (κ3) is 4.77. The van der Waals surface area contributed by atoms with Gasteiger partial charge in [0.1, 0.15) is 11.9 Å². The van der Waals surface area contributed by atoms with Gasteiger partial charge < -0.3 is 29.2 Å². The van der Waals surface area contributed by atoms with E-state index in [1.807, 2.05) is 18.2 Å². The molecule has 164 valence electrons. The topological polar surface area (TPSA) is 82.2 Å². The Morgan fingerprint density at radius 3 is 2.52 bits per heavy atom. The number of rotatable bonds is 6. The van der Waals surface area contributed by atoms with Crippen LogP contribution in [-0.4, -0.2) is 56.4 Å². The molecule has 31 heavy (non-hydrogen) atoms. The molecule has 1 fully saturated rings. The van der Waals surface area contributed by atoms with Crippen molar-refractivity contribution in [2.75, 3.05) is 39.7 Å². The van der Waals surface area contributed by atoms with E-state index in [1.54, 1.807) is 44.4 Å². The van der Waals surface area contributed by atoms with Crippen molar-refractivity contribution in [2.45, 2.75) is 18.9 Å². The van der Waals surface area contributed by atoms with Crippen LogP contribution >= 0.6 is 11.3 Å². The highest BCUT2D eigenvalue weighted by Gasteiger charge is 2.25. The van der Waals surface area contributed by atoms with Crippen molar-refractivity contribution >= 4 is 33.3 Å². The molecule has 1 aliphatic heterocycles. The average Bonchev–Trinajstić information content (AvgIpc) is 3.20. The van der Waals surface area contributed by atoms with E-state index < -0.39 is 0 Å². The summed E-state index contributed by atoms with van der Waals surface area (Å²) < 4.78 is 22.9. The van der Waals surface area contributed by atoms with E-state index in [1.165, 1.54) is 11.3 Å². The smallest absolute Gasteiger partial charge is 0.321 e. The first-order chi connectivity index (χ1) is 15.1. The van der Waals surface area contributed by atoms with E-state index >= 15 is 0 Å². The minimum absolute atomic E-state index is 0.0348. The molecule has 2 aromatic carbocycles. The lowest BCUT2D eigenvalue weighted by Crippen LogP contribution is -2.43. The summed E-state index contributed by atoms with van der Waals surface area (Å²) in [6.45, 7) is 1.23. The molecule has 4 rings (SSSR count). The first kappa shape index (κ1) is 21.0. The first-order valence-electron chi connectivity index (χ1n) is 9.99. The molecule has 1 aliphatic rings. The maximum atomic E-state index is 12.6. The Bertz CT molecular complexity index is 1060. The van der Waals surface area contributed by atoms with E-state index in [-0.39, 0.29) is 12.1 Å². The molecule has 0 bridgehead atoms. The number of amides is 2. The molecule has 8 nitrogen and oxygen atoms in total. The normalized spacial score (nSPS) is 14.4. The largest absolute Gasteiger partial charge is 0.497 e. The number of carbonyl (C=O) groups is 1. The Hall–Kier alpha value is -3.20. The van der Waals surface area contributed by atoms with Crippen LogP contribution in [0.25, 0.3) is 10.2 Å². The highest BCUT2D eigenvalue weighted by Crippen LogP contribution is 2.32. The van der Waals surface area contributed by atoms with E-state index in [9.17, 15) is 4.79 Å². The maximum Gasteiger partial charge on any atom is 0.321 e. The van der Waals surface area contributed by atoms with Gasteiger partial charge in [-0.25, -0.2) is 9.78 Å². The number of likely N-dealkylation sites (tertiary alicyclic amines) is 1. The number of ether oxygens (including phenoxy) is 4. The molecule has 9 heteroatoms. The summed E-state index contributed by atoms with van der Waals surface area (Å²) >= 11 is 1.52. The SMILES string of the molecule is COc1ccc2sc(OC3CCN(C(=O)Nc4ccc(OC)c(OC)c4)CC3)nc2c1.